The van der Waals surface area contributed by atoms with Crippen molar-refractivity contribution in [3.05, 3.63) is 59.8 Å². The lowest BCUT2D eigenvalue weighted by Crippen LogP contribution is -2.37. The average molecular weight is 250 g/mol. The molecule has 0 unspecified atom stereocenters. The summed E-state index contributed by atoms with van der Waals surface area (Å²) in [5.41, 5.74) is 0.759. The van der Waals surface area contributed by atoms with E-state index in [0.717, 1.165) is 5.56 Å². The second kappa shape index (κ2) is 5.33. The van der Waals surface area contributed by atoms with Gasteiger partial charge in [-0.2, -0.15) is 0 Å². The van der Waals surface area contributed by atoms with Gasteiger partial charge in [-0.25, -0.2) is 4.39 Å². The highest BCUT2D eigenvalue weighted by atomic mass is 19.1. The van der Waals surface area contributed by atoms with E-state index in [1.807, 2.05) is 0 Å². The molecule has 0 aliphatic rings. The van der Waals surface area contributed by atoms with Crippen molar-refractivity contribution in [2.24, 2.45) is 0 Å². The molecule has 1 aromatic heterocycles. The van der Waals surface area contributed by atoms with Crippen LogP contribution in [0.3, 0.4) is 0 Å². The van der Waals surface area contributed by atoms with Crippen LogP contribution in [0.5, 0.6) is 0 Å². The monoisotopic (exact) mass is 250 g/mol. The summed E-state index contributed by atoms with van der Waals surface area (Å²) >= 11 is 0. The molecule has 0 aliphatic carbocycles. The Morgan fingerprint density at radius 3 is 2.22 bits per heavy atom. The van der Waals surface area contributed by atoms with Crippen molar-refractivity contribution in [1.29, 1.82) is 0 Å². The summed E-state index contributed by atoms with van der Waals surface area (Å²) < 4.78 is 17.9. The molecule has 0 bridgehead atoms. The quantitative estimate of drug-likeness (QED) is 0.852. The van der Waals surface area contributed by atoms with Crippen LogP contribution in [0.2, 0.25) is 0 Å². The lowest BCUT2D eigenvalue weighted by molar-refractivity contribution is 0.116. The Labute approximate surface area is 104 Å². The van der Waals surface area contributed by atoms with Crippen LogP contribution in [0.15, 0.2) is 47.3 Å². The standard InChI is InChI=1S/C14H15FO3/c15-13-3-1-12(2-4-13)14(9-16,10-17)7-11-5-6-18-8-11/h1-6,8,16-17H,7,9-10H2. The molecular weight excluding hydrogens is 235 g/mol. The van der Waals surface area contributed by atoms with E-state index in [1.165, 1.54) is 12.1 Å². The Morgan fingerprint density at radius 2 is 1.72 bits per heavy atom. The molecule has 2 aromatic rings. The molecule has 0 saturated heterocycles. The Balaban J connectivity index is 2.33. The summed E-state index contributed by atoms with van der Waals surface area (Å²) in [5, 5.41) is 19.2. The van der Waals surface area contributed by atoms with Crippen molar-refractivity contribution in [2.45, 2.75) is 11.8 Å². The number of furan rings is 1. The van der Waals surface area contributed by atoms with E-state index >= 15 is 0 Å². The first-order valence-electron chi connectivity index (χ1n) is 5.69. The van der Waals surface area contributed by atoms with Crippen molar-refractivity contribution in [1.82, 2.24) is 0 Å². The molecule has 96 valence electrons. The zero-order valence-corrected chi connectivity index (χ0v) is 9.84. The molecule has 0 aliphatic heterocycles. The largest absolute Gasteiger partial charge is 0.472 e. The van der Waals surface area contributed by atoms with Crippen molar-refractivity contribution in [3.8, 4) is 0 Å². The van der Waals surface area contributed by atoms with E-state index in [9.17, 15) is 14.6 Å². The van der Waals surface area contributed by atoms with E-state index in [1.54, 1.807) is 30.7 Å². The highest BCUT2D eigenvalue weighted by Gasteiger charge is 2.31. The topological polar surface area (TPSA) is 53.6 Å². The van der Waals surface area contributed by atoms with Crippen LogP contribution >= 0.6 is 0 Å². The first-order chi connectivity index (χ1) is 8.70. The molecule has 0 amide bonds. The van der Waals surface area contributed by atoms with E-state index < -0.39 is 5.41 Å². The van der Waals surface area contributed by atoms with Gasteiger partial charge in [0, 0.05) is 5.41 Å². The minimum Gasteiger partial charge on any atom is -0.472 e. The molecule has 3 nitrogen and oxygen atoms in total. The van der Waals surface area contributed by atoms with Crippen LogP contribution in [0.4, 0.5) is 4.39 Å². The fourth-order valence-corrected chi connectivity index (χ4v) is 2.03. The molecule has 0 fully saturated rings. The summed E-state index contributed by atoms with van der Waals surface area (Å²) in [6.45, 7) is -0.444. The zero-order chi connectivity index (χ0) is 13.0. The summed E-state index contributed by atoms with van der Waals surface area (Å²) in [6.07, 6.45) is 3.55. The predicted octanol–water partition coefficient (Wildman–Crippen LogP) is 1.88. The van der Waals surface area contributed by atoms with Crippen LogP contribution in [-0.2, 0) is 11.8 Å². The maximum atomic E-state index is 12.9. The minimum atomic E-state index is -0.822. The first-order valence-corrected chi connectivity index (χ1v) is 5.69. The molecule has 0 spiro atoms. The summed E-state index contributed by atoms with van der Waals surface area (Å²) in [6, 6.07) is 7.60. The van der Waals surface area contributed by atoms with Gasteiger partial charge in [-0.3, -0.25) is 0 Å². The second-order valence-corrected chi connectivity index (χ2v) is 4.41. The third-order valence-electron chi connectivity index (χ3n) is 3.18. The molecule has 1 heterocycles. The number of aliphatic hydroxyl groups is 2. The molecule has 0 saturated carbocycles. The van der Waals surface area contributed by atoms with Gasteiger partial charge >= 0.3 is 0 Å². The summed E-state index contributed by atoms with van der Waals surface area (Å²) in [4.78, 5) is 0. The fourth-order valence-electron chi connectivity index (χ4n) is 2.03. The van der Waals surface area contributed by atoms with E-state index in [2.05, 4.69) is 0 Å². The van der Waals surface area contributed by atoms with Gasteiger partial charge in [0.2, 0.25) is 0 Å². The van der Waals surface area contributed by atoms with Crippen LogP contribution in [-0.4, -0.2) is 23.4 Å². The Bertz CT molecular complexity index is 472. The van der Waals surface area contributed by atoms with Gasteiger partial charge in [0.15, 0.2) is 0 Å². The van der Waals surface area contributed by atoms with Gasteiger partial charge in [-0.1, -0.05) is 12.1 Å². The van der Waals surface area contributed by atoms with Crippen LogP contribution in [0.1, 0.15) is 11.1 Å². The first kappa shape index (κ1) is 12.8. The van der Waals surface area contributed by atoms with E-state index in [4.69, 9.17) is 4.42 Å². The van der Waals surface area contributed by atoms with Crippen molar-refractivity contribution in [3.63, 3.8) is 0 Å². The van der Waals surface area contributed by atoms with E-state index in [0.29, 0.717) is 12.0 Å². The Morgan fingerprint density at radius 1 is 1.06 bits per heavy atom. The fraction of sp³-hybridized carbons (Fsp3) is 0.286. The normalized spacial score (nSPS) is 11.7. The van der Waals surface area contributed by atoms with Crippen molar-refractivity contribution in [2.75, 3.05) is 13.2 Å². The van der Waals surface area contributed by atoms with Gasteiger partial charge < -0.3 is 14.6 Å². The number of aliphatic hydroxyl groups excluding tert-OH is 2. The Hall–Kier alpha value is -1.65. The highest BCUT2D eigenvalue weighted by molar-refractivity contribution is 5.29. The Kier molecular flexibility index (Phi) is 3.79. The van der Waals surface area contributed by atoms with Crippen LogP contribution < -0.4 is 0 Å². The second-order valence-electron chi connectivity index (χ2n) is 4.41. The summed E-state index contributed by atoms with van der Waals surface area (Å²) in [7, 11) is 0. The van der Waals surface area contributed by atoms with Crippen LogP contribution in [0, 0.1) is 5.82 Å². The van der Waals surface area contributed by atoms with Gasteiger partial charge in [0.25, 0.3) is 0 Å². The molecule has 0 atom stereocenters. The third-order valence-corrected chi connectivity index (χ3v) is 3.18. The molecular formula is C14H15FO3. The zero-order valence-electron chi connectivity index (χ0n) is 9.84. The van der Waals surface area contributed by atoms with Crippen LogP contribution in [0.25, 0.3) is 0 Å². The molecule has 4 heteroatoms. The average Bonchev–Trinajstić information content (AvgIpc) is 2.90. The van der Waals surface area contributed by atoms with Crippen molar-refractivity contribution >= 4 is 0 Å². The maximum absolute atomic E-state index is 12.9. The van der Waals surface area contributed by atoms with Crippen molar-refractivity contribution < 1.29 is 19.0 Å². The molecule has 0 radical (unpaired) electrons. The third kappa shape index (κ3) is 2.44. The van der Waals surface area contributed by atoms with Gasteiger partial charge in [-0.15, -0.1) is 0 Å². The van der Waals surface area contributed by atoms with E-state index in [-0.39, 0.29) is 19.0 Å². The van der Waals surface area contributed by atoms with Gasteiger partial charge in [0.1, 0.15) is 5.82 Å². The number of rotatable bonds is 5. The molecule has 18 heavy (non-hydrogen) atoms. The van der Waals surface area contributed by atoms with Gasteiger partial charge in [-0.05, 0) is 35.7 Å². The molecule has 2 N–H and O–H groups in total. The SMILES string of the molecule is OCC(CO)(Cc1ccoc1)c1ccc(F)cc1. The number of hydrogen-bond donors (Lipinski definition) is 2. The number of benzene rings is 1. The minimum absolute atomic E-state index is 0.222. The molecule has 2 rings (SSSR count). The predicted molar refractivity (Wildman–Crippen MR) is 64.7 cm³/mol. The summed E-state index contributed by atoms with van der Waals surface area (Å²) in [5.74, 6) is -0.341. The van der Waals surface area contributed by atoms with Gasteiger partial charge in [0.05, 0.1) is 25.7 Å². The lowest BCUT2D eigenvalue weighted by atomic mass is 9.77. The smallest absolute Gasteiger partial charge is 0.123 e. The maximum Gasteiger partial charge on any atom is 0.123 e. The number of halogens is 1. The number of hydrogen-bond acceptors (Lipinski definition) is 3. The molecule has 1 aromatic carbocycles. The lowest BCUT2D eigenvalue weighted by Gasteiger charge is -2.30. The highest BCUT2D eigenvalue weighted by Crippen LogP contribution is 2.28.